The molecule has 0 bridgehead atoms. The average Bonchev–Trinajstić information content (AvgIpc) is 0.740. The van der Waals surface area contributed by atoms with Crippen molar-refractivity contribution < 1.29 is 134 Å². The normalized spacial score (nSPS) is 54.5. The van der Waals surface area contributed by atoms with Crippen LogP contribution in [-0.2, 0) is 52.2 Å². The molecule has 0 amide bonds. The summed E-state index contributed by atoms with van der Waals surface area (Å²) in [6.45, 7) is 13.7. The number of carbonyl (C=O) groups is 1. The molecule has 33 atom stereocenters. The molecule has 9 fully saturated rings. The quantitative estimate of drug-likeness (QED) is 0.0482. The fraction of sp³-hybridized carbons (Fsp3) is 0.949. The number of rotatable bonds is 13. The van der Waals surface area contributed by atoms with Gasteiger partial charge < -0.3 is 129 Å². The highest BCUT2D eigenvalue weighted by atomic mass is 16.8. The Bertz CT molecular complexity index is 2400. The van der Waals surface area contributed by atoms with Crippen LogP contribution in [0.1, 0.15) is 113 Å². The van der Waals surface area contributed by atoms with Crippen LogP contribution in [0, 0.1) is 50.2 Å². The summed E-state index contributed by atoms with van der Waals surface area (Å²) in [5.41, 5.74) is -2.71. The molecule has 5 saturated heterocycles. The lowest BCUT2D eigenvalue weighted by Gasteiger charge is -2.71. The van der Waals surface area contributed by atoms with E-state index in [-0.39, 0.29) is 22.7 Å². The van der Waals surface area contributed by atoms with Crippen molar-refractivity contribution in [1.82, 2.24) is 0 Å². The van der Waals surface area contributed by atoms with E-state index in [0.29, 0.717) is 44.9 Å². The lowest BCUT2D eigenvalue weighted by molar-refractivity contribution is -0.401. The number of hydrogen-bond acceptors (Lipinski definition) is 27. The highest BCUT2D eigenvalue weighted by Gasteiger charge is 2.72. The van der Waals surface area contributed by atoms with E-state index in [1.807, 2.05) is 13.8 Å². The minimum absolute atomic E-state index is 0.00153. The minimum Gasteiger partial charge on any atom is -0.432 e. The van der Waals surface area contributed by atoms with Gasteiger partial charge in [0.2, 0.25) is 6.29 Å². The van der Waals surface area contributed by atoms with E-state index in [4.69, 9.17) is 47.4 Å². The summed E-state index contributed by atoms with van der Waals surface area (Å²) in [5, 5.41) is 174. The van der Waals surface area contributed by atoms with Crippen molar-refractivity contribution in [3.63, 3.8) is 0 Å². The standard InChI is InChI=1S/C59H96O27/c1-23-33(64)37(68)41(72)48(78-23)85-46-44(83-52-45(40(71)36(67)28(21-62)81-52)84-49-42(73)38(69)34(65)26(19-60)79-49)25(63)22-77-51(46)82-31-12-13-56(6)29(55(31,4)5)11-14-58(8)30(56)10-9-24-32-47(75)54(2,3)15-17-59(32,18-16-57(24,58)7)53(76)86-50-43(74)39(70)35(66)27(20-61)80-50/h9,23,25-52,60-75H,10-22H2,1-8H3/t23-,25-,26+,27+,28+,29?,30?,31-,32+,33-,34+,35+,36+,37+,38-,39-,40-,41+,42+,43+,44-,45+,46+,47-,48-,49-,50-,51-,52-,56-,57+,58+,59-/m0/s1. The monoisotopic (exact) mass is 1240 g/mol. The Kier molecular flexibility index (Phi) is 19.2. The van der Waals surface area contributed by atoms with E-state index in [1.165, 1.54) is 6.92 Å². The first-order valence-electron chi connectivity index (χ1n) is 30.7. The molecule has 5 aliphatic heterocycles. The Morgan fingerprint density at radius 3 is 1.66 bits per heavy atom. The van der Waals surface area contributed by atoms with Crippen molar-refractivity contribution in [2.75, 3.05) is 26.4 Å². The van der Waals surface area contributed by atoms with E-state index >= 15 is 0 Å². The van der Waals surface area contributed by atoms with E-state index in [1.54, 1.807) is 0 Å². The van der Waals surface area contributed by atoms with Crippen molar-refractivity contribution in [1.29, 1.82) is 0 Å². The first-order valence-corrected chi connectivity index (χ1v) is 30.7. The third kappa shape index (κ3) is 10.9. The number of carbonyl (C=O) groups excluding carboxylic acids is 1. The second kappa shape index (κ2) is 24.6. The zero-order chi connectivity index (χ0) is 62.9. The number of allylic oxidation sites excluding steroid dienone is 1. The van der Waals surface area contributed by atoms with Gasteiger partial charge in [0.05, 0.1) is 50.2 Å². The van der Waals surface area contributed by atoms with E-state index in [2.05, 4.69) is 40.7 Å². The predicted octanol–water partition coefficient (Wildman–Crippen LogP) is -3.57. The van der Waals surface area contributed by atoms with Gasteiger partial charge in [0.25, 0.3) is 0 Å². The molecule has 27 heteroatoms. The zero-order valence-corrected chi connectivity index (χ0v) is 50.2. The van der Waals surface area contributed by atoms with Gasteiger partial charge >= 0.3 is 5.97 Å². The van der Waals surface area contributed by atoms with Gasteiger partial charge in [-0.05, 0) is 104 Å². The highest BCUT2D eigenvalue weighted by Crippen LogP contribution is 2.76. The molecule has 2 unspecified atom stereocenters. The summed E-state index contributed by atoms with van der Waals surface area (Å²) >= 11 is 0. The van der Waals surface area contributed by atoms with Crippen LogP contribution in [0.3, 0.4) is 0 Å². The largest absolute Gasteiger partial charge is 0.432 e. The molecule has 5 heterocycles. The topological polar surface area (TPSA) is 433 Å². The Morgan fingerprint density at radius 2 is 1.05 bits per heavy atom. The molecule has 27 nitrogen and oxygen atoms in total. The molecule has 16 N–H and O–H groups in total. The molecular weight excluding hydrogens is 1140 g/mol. The van der Waals surface area contributed by atoms with Gasteiger partial charge in [-0.3, -0.25) is 4.79 Å². The number of hydrogen-bond donors (Lipinski definition) is 16. The van der Waals surface area contributed by atoms with Gasteiger partial charge in [0.15, 0.2) is 25.2 Å². The summed E-state index contributed by atoms with van der Waals surface area (Å²) in [4.78, 5) is 14.9. The number of ether oxygens (including phenoxy) is 10. The van der Waals surface area contributed by atoms with Crippen LogP contribution in [0.2, 0.25) is 0 Å². The Labute approximate surface area is 499 Å². The fourth-order valence-corrected chi connectivity index (χ4v) is 17.6. The third-order valence-electron chi connectivity index (χ3n) is 23.3. The van der Waals surface area contributed by atoms with Gasteiger partial charge in [-0.1, -0.05) is 60.1 Å². The summed E-state index contributed by atoms with van der Waals surface area (Å²) < 4.78 is 61.3. The van der Waals surface area contributed by atoms with Crippen LogP contribution < -0.4 is 0 Å². The summed E-state index contributed by atoms with van der Waals surface area (Å²) in [6, 6.07) is 0. The van der Waals surface area contributed by atoms with E-state index in [9.17, 15) is 86.5 Å². The molecule has 0 aromatic carbocycles. The zero-order valence-electron chi connectivity index (χ0n) is 50.2. The van der Waals surface area contributed by atoms with Crippen molar-refractivity contribution in [3.05, 3.63) is 11.6 Å². The minimum atomic E-state index is -1.99. The second-order valence-corrected chi connectivity index (χ2v) is 28.6. The predicted molar refractivity (Wildman–Crippen MR) is 289 cm³/mol. The fourth-order valence-electron chi connectivity index (χ4n) is 17.6. The maximum Gasteiger partial charge on any atom is 0.315 e. The van der Waals surface area contributed by atoms with Crippen molar-refractivity contribution >= 4 is 5.97 Å². The molecule has 0 aromatic heterocycles. The van der Waals surface area contributed by atoms with Crippen molar-refractivity contribution in [2.45, 2.75) is 273 Å². The summed E-state index contributed by atoms with van der Waals surface area (Å²) in [7, 11) is 0. The van der Waals surface area contributed by atoms with Crippen LogP contribution in [0.15, 0.2) is 11.6 Å². The molecule has 0 spiro atoms. The van der Waals surface area contributed by atoms with Gasteiger partial charge in [-0.25, -0.2) is 0 Å². The number of aliphatic hydroxyl groups excluding tert-OH is 16. The van der Waals surface area contributed by atoms with E-state index in [0.717, 1.165) is 18.4 Å². The first kappa shape index (κ1) is 67.1. The first-order chi connectivity index (χ1) is 40.3. The van der Waals surface area contributed by atoms with Crippen LogP contribution in [0.5, 0.6) is 0 Å². The molecule has 86 heavy (non-hydrogen) atoms. The number of aliphatic hydroxyl groups is 16. The average molecular weight is 1240 g/mol. The Hall–Kier alpha value is -1.79. The highest BCUT2D eigenvalue weighted by molar-refractivity contribution is 5.79. The lowest BCUT2D eigenvalue weighted by atomic mass is 9.33. The Morgan fingerprint density at radius 1 is 0.523 bits per heavy atom. The van der Waals surface area contributed by atoms with Crippen LogP contribution >= 0.6 is 0 Å². The summed E-state index contributed by atoms with van der Waals surface area (Å²) in [5.74, 6) is -1.29. The molecule has 0 radical (unpaired) electrons. The van der Waals surface area contributed by atoms with Crippen LogP contribution in [0.4, 0.5) is 0 Å². The molecule has 0 aromatic rings. The smallest absolute Gasteiger partial charge is 0.315 e. The molecule has 10 aliphatic rings. The Balaban J connectivity index is 0.926. The molecule has 5 aliphatic carbocycles. The number of fused-ring (bicyclic) bond motifs is 7. The van der Waals surface area contributed by atoms with Gasteiger partial charge in [-0.2, -0.15) is 0 Å². The van der Waals surface area contributed by atoms with Gasteiger partial charge in [0, 0.05) is 5.92 Å². The maximum atomic E-state index is 14.9. The second-order valence-electron chi connectivity index (χ2n) is 28.6. The van der Waals surface area contributed by atoms with Crippen molar-refractivity contribution in [2.24, 2.45) is 50.2 Å². The molecule has 4 saturated carbocycles. The SMILES string of the molecule is C[C@@H]1O[C@@H](O[C@H]2[C@H](O[C@H]3CC[C@@]4(C)C(CC[C@]5(C)C4CC=C4[C@@H]6[C@H](O)C(C)(C)CC[C@]6(C(=O)O[C@@H]6O[C@H](CO)[C@@H](O)[C@H](O)[C@H]6O)CC[C@]45C)C3(C)C)OC[C@H](O)[C@@H]2O[C@@H]2O[C@H](CO)[C@@H](O)[C@H](O)[C@H]2O[C@@H]2O[C@H](CO)[C@@H](O)[C@H](O)[C@H]2O)[C@H](O)[C@H](O)[C@H]1O. The molecular formula is C59H96O27. The lowest BCUT2D eigenvalue weighted by Crippen LogP contribution is -2.68. The maximum absolute atomic E-state index is 14.9. The van der Waals surface area contributed by atoms with Crippen LogP contribution in [-0.4, -0.2) is 274 Å². The van der Waals surface area contributed by atoms with Crippen LogP contribution in [0.25, 0.3) is 0 Å². The third-order valence-corrected chi connectivity index (χ3v) is 23.3. The molecule has 494 valence electrons. The van der Waals surface area contributed by atoms with Gasteiger partial charge in [-0.15, -0.1) is 0 Å². The summed E-state index contributed by atoms with van der Waals surface area (Å²) in [6.07, 6.45) is -35.0. The van der Waals surface area contributed by atoms with Gasteiger partial charge in [0.1, 0.15) is 110 Å². The molecule has 10 rings (SSSR count). The van der Waals surface area contributed by atoms with E-state index < -0.39 is 220 Å². The van der Waals surface area contributed by atoms with Crippen molar-refractivity contribution in [3.8, 4) is 0 Å². The number of esters is 1.